The minimum absolute atomic E-state index is 0.524. The van der Waals surface area contributed by atoms with Crippen LogP contribution in [-0.4, -0.2) is 22.8 Å². The van der Waals surface area contributed by atoms with Crippen LogP contribution in [0.25, 0.3) is 10.4 Å². The molecule has 7 heteroatoms. The predicted octanol–water partition coefficient (Wildman–Crippen LogP) is -0.108. The van der Waals surface area contributed by atoms with E-state index < -0.39 is 17.7 Å². The van der Waals surface area contributed by atoms with Gasteiger partial charge in [-0.15, -0.1) is 0 Å². The van der Waals surface area contributed by atoms with Gasteiger partial charge in [-0.05, 0) is 5.53 Å². The smallest absolute Gasteiger partial charge is 0.318 e. The van der Waals surface area contributed by atoms with Gasteiger partial charge in [0.1, 0.15) is 6.54 Å². The van der Waals surface area contributed by atoms with Gasteiger partial charge in [0.05, 0.1) is 4.92 Å². The molecule has 0 fully saturated rings. The number of aliphatic hydroxyl groups is 1. The summed E-state index contributed by atoms with van der Waals surface area (Å²) in [5.41, 5.74) is 7.62. The fourth-order valence-corrected chi connectivity index (χ4v) is 0.176. The zero-order valence-electron chi connectivity index (χ0n) is 4.34. The third-order valence-electron chi connectivity index (χ3n) is 0.552. The van der Waals surface area contributed by atoms with Gasteiger partial charge in [0.2, 0.25) is 0 Å². The summed E-state index contributed by atoms with van der Waals surface area (Å²) < 4.78 is 0. The van der Waals surface area contributed by atoms with Gasteiger partial charge in [0, 0.05) is 4.91 Å². The second kappa shape index (κ2) is 3.65. The molecule has 0 radical (unpaired) electrons. The van der Waals surface area contributed by atoms with Gasteiger partial charge >= 0.3 is 6.23 Å². The lowest BCUT2D eigenvalue weighted by Gasteiger charge is -1.93. The molecule has 0 aliphatic carbocycles. The van der Waals surface area contributed by atoms with Crippen molar-refractivity contribution in [2.75, 3.05) is 6.54 Å². The lowest BCUT2D eigenvalue weighted by Crippen LogP contribution is -2.21. The first-order chi connectivity index (χ1) is 4.18. The summed E-state index contributed by atoms with van der Waals surface area (Å²) in [5, 5.41) is 20.7. The van der Waals surface area contributed by atoms with Crippen molar-refractivity contribution >= 4 is 0 Å². The van der Waals surface area contributed by atoms with Crippen LogP contribution >= 0.6 is 0 Å². The van der Waals surface area contributed by atoms with Crippen molar-refractivity contribution in [1.29, 1.82) is 0 Å². The molecule has 0 heterocycles. The van der Waals surface area contributed by atoms with Crippen LogP contribution in [0, 0.1) is 10.1 Å². The summed E-state index contributed by atoms with van der Waals surface area (Å²) in [4.78, 5) is 10.9. The zero-order valence-corrected chi connectivity index (χ0v) is 4.34. The Morgan fingerprint density at radius 1 is 2.00 bits per heavy atom. The Kier molecular flexibility index (Phi) is 3.11. The molecule has 0 saturated carbocycles. The van der Waals surface area contributed by atoms with Crippen LogP contribution in [0.5, 0.6) is 0 Å². The number of hydrogen-bond donors (Lipinski definition) is 1. The molecule has 50 valence electrons. The fourth-order valence-electron chi connectivity index (χ4n) is 0.176. The van der Waals surface area contributed by atoms with Crippen molar-refractivity contribution < 1.29 is 10.0 Å². The van der Waals surface area contributed by atoms with Gasteiger partial charge in [-0.2, -0.15) is 0 Å². The van der Waals surface area contributed by atoms with E-state index in [1.807, 2.05) is 0 Å². The van der Waals surface area contributed by atoms with Crippen molar-refractivity contribution in [1.82, 2.24) is 0 Å². The van der Waals surface area contributed by atoms with Gasteiger partial charge in [0.25, 0.3) is 0 Å². The highest BCUT2D eigenvalue weighted by molar-refractivity contribution is 4.46. The molecule has 9 heavy (non-hydrogen) atoms. The summed E-state index contributed by atoms with van der Waals surface area (Å²) in [6, 6.07) is 0. The van der Waals surface area contributed by atoms with Crippen LogP contribution in [0.4, 0.5) is 0 Å². The highest BCUT2D eigenvalue weighted by atomic mass is 16.7. The first-order valence-electron chi connectivity index (χ1n) is 2.01. The molecule has 0 spiro atoms. The number of azide groups is 1. The van der Waals surface area contributed by atoms with Gasteiger partial charge in [-0.3, -0.25) is 10.1 Å². The first kappa shape index (κ1) is 7.67. The molecule has 0 aliphatic rings. The molecule has 0 aromatic heterocycles. The monoisotopic (exact) mass is 132 g/mol. The summed E-state index contributed by atoms with van der Waals surface area (Å²) >= 11 is 0. The fraction of sp³-hybridized carbons (Fsp3) is 1.00. The van der Waals surface area contributed by atoms with E-state index in [1.165, 1.54) is 0 Å². The Morgan fingerprint density at radius 2 is 2.56 bits per heavy atom. The minimum Gasteiger partial charge on any atom is -0.333 e. The highest BCUT2D eigenvalue weighted by Gasteiger charge is 2.11. The molecular weight excluding hydrogens is 128 g/mol. The number of rotatable bonds is 3. The zero-order chi connectivity index (χ0) is 7.28. The van der Waals surface area contributed by atoms with E-state index in [9.17, 15) is 10.1 Å². The second-order valence-electron chi connectivity index (χ2n) is 1.18. The molecule has 1 atom stereocenters. The van der Waals surface area contributed by atoms with Crippen LogP contribution in [0.2, 0.25) is 0 Å². The average molecular weight is 132 g/mol. The number of hydrogen-bond acceptors (Lipinski definition) is 4. The summed E-state index contributed by atoms with van der Waals surface area (Å²) in [6.45, 7) is -0.524. The van der Waals surface area contributed by atoms with E-state index in [1.54, 1.807) is 0 Å². The summed E-state index contributed by atoms with van der Waals surface area (Å²) in [7, 11) is 0. The number of aliphatic hydroxyl groups excluding tert-OH is 1. The lowest BCUT2D eigenvalue weighted by molar-refractivity contribution is -0.566. The third-order valence-corrected chi connectivity index (χ3v) is 0.552. The number of nitrogens with zero attached hydrogens (tertiary/aromatic N) is 4. The molecule has 0 aromatic carbocycles. The third kappa shape index (κ3) is 3.27. The topological polar surface area (TPSA) is 112 Å². The van der Waals surface area contributed by atoms with Crippen molar-refractivity contribution in [2.24, 2.45) is 5.11 Å². The van der Waals surface area contributed by atoms with Gasteiger partial charge in [-0.1, -0.05) is 5.11 Å². The van der Waals surface area contributed by atoms with Crippen molar-refractivity contribution in [3.63, 3.8) is 0 Å². The lowest BCUT2D eigenvalue weighted by atomic mass is 10.6. The second-order valence-corrected chi connectivity index (χ2v) is 1.18. The van der Waals surface area contributed by atoms with Crippen LogP contribution in [-0.2, 0) is 0 Å². The Balaban J connectivity index is 3.63. The predicted molar refractivity (Wildman–Crippen MR) is 27.0 cm³/mol. The maximum Gasteiger partial charge on any atom is 0.318 e. The van der Waals surface area contributed by atoms with Crippen LogP contribution in [0.3, 0.4) is 0 Å². The Bertz CT molecular complexity index is 150. The number of nitro groups is 1. The molecule has 0 amide bonds. The maximum atomic E-state index is 9.58. The highest BCUT2D eigenvalue weighted by Crippen LogP contribution is 1.84. The summed E-state index contributed by atoms with van der Waals surface area (Å²) in [6.07, 6.45) is -1.78. The largest absolute Gasteiger partial charge is 0.333 e. The molecule has 0 aromatic rings. The van der Waals surface area contributed by atoms with Crippen LogP contribution < -0.4 is 0 Å². The summed E-state index contributed by atoms with van der Waals surface area (Å²) in [5.74, 6) is 0. The molecular formula is C2H4N4O3. The first-order valence-corrected chi connectivity index (χ1v) is 2.01. The maximum absolute atomic E-state index is 9.58. The van der Waals surface area contributed by atoms with Crippen molar-refractivity contribution in [3.05, 3.63) is 20.6 Å². The van der Waals surface area contributed by atoms with E-state index in [0.29, 0.717) is 0 Å². The minimum atomic E-state index is -1.78. The Labute approximate surface area is 49.7 Å². The quantitative estimate of drug-likeness (QED) is 0.144. The molecule has 0 bridgehead atoms. The molecule has 0 saturated heterocycles. The van der Waals surface area contributed by atoms with E-state index in [-0.39, 0.29) is 0 Å². The SMILES string of the molecule is [N-]=[N+]=NCC(O)[N+](=O)[O-]. The Hall–Kier alpha value is -1.33. The van der Waals surface area contributed by atoms with E-state index in [2.05, 4.69) is 10.0 Å². The average Bonchev–Trinajstić information content (AvgIpc) is 1.82. The van der Waals surface area contributed by atoms with E-state index >= 15 is 0 Å². The molecule has 0 rings (SSSR count). The normalized spacial score (nSPS) is 11.7. The molecule has 1 N–H and O–H groups in total. The van der Waals surface area contributed by atoms with Gasteiger partial charge in [0.15, 0.2) is 0 Å². The van der Waals surface area contributed by atoms with Crippen molar-refractivity contribution in [2.45, 2.75) is 6.23 Å². The van der Waals surface area contributed by atoms with Gasteiger partial charge in [-0.25, -0.2) is 0 Å². The standard InChI is InChI=1S/C2H4N4O3/c3-5-4-1-2(7)6(8)9/h2,7H,1H2. The van der Waals surface area contributed by atoms with Crippen molar-refractivity contribution in [3.8, 4) is 0 Å². The molecule has 0 aliphatic heterocycles. The molecule has 7 nitrogen and oxygen atoms in total. The van der Waals surface area contributed by atoms with E-state index in [0.717, 1.165) is 0 Å². The van der Waals surface area contributed by atoms with Crippen LogP contribution in [0.1, 0.15) is 0 Å². The van der Waals surface area contributed by atoms with Gasteiger partial charge < -0.3 is 5.11 Å². The van der Waals surface area contributed by atoms with Crippen LogP contribution in [0.15, 0.2) is 5.11 Å². The Morgan fingerprint density at radius 3 is 2.89 bits per heavy atom. The van der Waals surface area contributed by atoms with E-state index in [4.69, 9.17) is 10.6 Å². The molecule has 1 unspecified atom stereocenters.